The molecule has 1 N–H and O–H groups in total. The standard InChI is InChI=1S/C30H39N3O4S/c1-21(2)18-33(30(35)31-25-10-7-22(3)8-11-25)20-29(34)32(19-28-23(4)14-16-38-28)15-13-24-9-12-26(36-5)27(17-24)37-6/h7-12,14,16-17,21H,13,15,18-20H2,1-6H3,(H,31,35). The number of ether oxygens (including phenoxy) is 2. The lowest BCUT2D eigenvalue weighted by atomic mass is 10.1. The van der Waals surface area contributed by atoms with Gasteiger partial charge in [-0.2, -0.15) is 0 Å². The Morgan fingerprint density at radius 2 is 1.66 bits per heavy atom. The van der Waals surface area contributed by atoms with E-state index < -0.39 is 0 Å². The molecule has 0 saturated carbocycles. The van der Waals surface area contributed by atoms with E-state index in [0.717, 1.165) is 21.6 Å². The summed E-state index contributed by atoms with van der Waals surface area (Å²) in [6, 6.07) is 15.2. The van der Waals surface area contributed by atoms with Crippen molar-refractivity contribution in [2.75, 3.05) is 39.2 Å². The second-order valence-corrected chi connectivity index (χ2v) is 10.9. The molecule has 0 unspecified atom stereocenters. The van der Waals surface area contributed by atoms with E-state index in [1.54, 1.807) is 30.5 Å². The molecule has 0 radical (unpaired) electrons. The first-order valence-corrected chi connectivity index (χ1v) is 13.7. The summed E-state index contributed by atoms with van der Waals surface area (Å²) in [5.74, 6) is 1.46. The van der Waals surface area contributed by atoms with Gasteiger partial charge in [-0.15, -0.1) is 11.3 Å². The van der Waals surface area contributed by atoms with E-state index in [0.29, 0.717) is 43.2 Å². The topological polar surface area (TPSA) is 71.1 Å². The number of urea groups is 1. The van der Waals surface area contributed by atoms with Gasteiger partial charge in [0.1, 0.15) is 6.54 Å². The monoisotopic (exact) mass is 537 g/mol. The van der Waals surface area contributed by atoms with Crippen LogP contribution in [0.2, 0.25) is 0 Å². The number of anilines is 1. The second kappa shape index (κ2) is 13.9. The van der Waals surface area contributed by atoms with Gasteiger partial charge in [-0.1, -0.05) is 37.6 Å². The molecular formula is C30H39N3O4S. The smallest absolute Gasteiger partial charge is 0.322 e. The van der Waals surface area contributed by atoms with E-state index in [4.69, 9.17) is 9.47 Å². The number of hydrogen-bond acceptors (Lipinski definition) is 5. The molecule has 3 aromatic rings. The van der Waals surface area contributed by atoms with E-state index >= 15 is 0 Å². The van der Waals surface area contributed by atoms with Crippen LogP contribution in [-0.4, -0.2) is 55.6 Å². The molecule has 0 aliphatic rings. The lowest BCUT2D eigenvalue weighted by Gasteiger charge is -2.29. The first-order chi connectivity index (χ1) is 18.2. The lowest BCUT2D eigenvalue weighted by Crippen LogP contribution is -2.46. The fourth-order valence-electron chi connectivity index (χ4n) is 4.09. The maximum absolute atomic E-state index is 13.7. The SMILES string of the molecule is COc1ccc(CCN(Cc2sccc2C)C(=O)CN(CC(C)C)C(=O)Nc2ccc(C)cc2)cc1OC. The average molecular weight is 538 g/mol. The molecule has 204 valence electrons. The molecule has 0 bridgehead atoms. The quantitative estimate of drug-likeness (QED) is 0.301. The maximum atomic E-state index is 13.7. The summed E-state index contributed by atoms with van der Waals surface area (Å²) < 4.78 is 10.8. The number of thiophene rings is 1. The number of carbonyl (C=O) groups excluding carboxylic acids is 2. The van der Waals surface area contributed by atoms with Gasteiger partial charge >= 0.3 is 6.03 Å². The Morgan fingerprint density at radius 3 is 2.26 bits per heavy atom. The molecule has 0 aliphatic carbocycles. The van der Waals surface area contributed by atoms with Crippen molar-refractivity contribution < 1.29 is 19.1 Å². The van der Waals surface area contributed by atoms with Gasteiger partial charge in [-0.25, -0.2) is 4.79 Å². The molecule has 0 saturated heterocycles. The van der Waals surface area contributed by atoms with E-state index in [1.807, 2.05) is 73.5 Å². The van der Waals surface area contributed by atoms with Crippen LogP contribution in [0, 0.1) is 19.8 Å². The van der Waals surface area contributed by atoms with E-state index in [-0.39, 0.29) is 24.4 Å². The normalized spacial score (nSPS) is 10.8. The summed E-state index contributed by atoms with van der Waals surface area (Å²) in [6.07, 6.45) is 0.649. The molecule has 38 heavy (non-hydrogen) atoms. The minimum Gasteiger partial charge on any atom is -0.493 e. The van der Waals surface area contributed by atoms with Gasteiger partial charge in [0.25, 0.3) is 0 Å². The van der Waals surface area contributed by atoms with Gasteiger partial charge in [-0.3, -0.25) is 4.79 Å². The van der Waals surface area contributed by atoms with E-state index in [2.05, 4.69) is 18.3 Å². The third-order valence-corrected chi connectivity index (χ3v) is 7.28. The number of aryl methyl sites for hydroxylation is 2. The van der Waals surface area contributed by atoms with Crippen LogP contribution < -0.4 is 14.8 Å². The summed E-state index contributed by atoms with van der Waals surface area (Å²) in [5, 5.41) is 4.99. The molecule has 1 aromatic heterocycles. The van der Waals surface area contributed by atoms with Gasteiger partial charge < -0.3 is 24.6 Å². The fourth-order valence-corrected chi connectivity index (χ4v) is 5.02. The van der Waals surface area contributed by atoms with Gasteiger partial charge in [0.05, 0.1) is 20.8 Å². The Kier molecular flexibility index (Phi) is 10.6. The van der Waals surface area contributed by atoms with Crippen molar-refractivity contribution in [3.63, 3.8) is 0 Å². The lowest BCUT2D eigenvalue weighted by molar-refractivity contribution is -0.132. The molecule has 0 aliphatic heterocycles. The molecule has 7 nitrogen and oxygen atoms in total. The van der Waals surface area contributed by atoms with Crippen LogP contribution in [0.25, 0.3) is 0 Å². The van der Waals surface area contributed by atoms with Crippen molar-refractivity contribution in [2.45, 2.75) is 40.7 Å². The molecule has 0 atom stereocenters. The minimum absolute atomic E-state index is 0.00618. The highest BCUT2D eigenvalue weighted by Crippen LogP contribution is 2.28. The summed E-state index contributed by atoms with van der Waals surface area (Å²) in [4.78, 5) is 31.5. The number of amides is 3. The summed E-state index contributed by atoms with van der Waals surface area (Å²) in [7, 11) is 3.22. The molecule has 0 fully saturated rings. The molecular weight excluding hydrogens is 498 g/mol. The maximum Gasteiger partial charge on any atom is 0.322 e. The van der Waals surface area contributed by atoms with Gasteiger partial charge in [0.2, 0.25) is 5.91 Å². The van der Waals surface area contributed by atoms with Crippen molar-refractivity contribution in [1.29, 1.82) is 0 Å². The number of benzene rings is 2. The second-order valence-electron chi connectivity index (χ2n) is 9.85. The highest BCUT2D eigenvalue weighted by molar-refractivity contribution is 7.10. The minimum atomic E-state index is -0.275. The van der Waals surface area contributed by atoms with Crippen molar-refractivity contribution in [2.24, 2.45) is 5.92 Å². The average Bonchev–Trinajstić information content (AvgIpc) is 3.30. The Labute approximate surface area is 230 Å². The number of rotatable bonds is 12. The largest absolute Gasteiger partial charge is 0.493 e. The number of nitrogens with zero attached hydrogens (tertiary/aromatic N) is 2. The van der Waals surface area contributed by atoms with Crippen molar-refractivity contribution >= 4 is 29.0 Å². The molecule has 1 heterocycles. The summed E-state index contributed by atoms with van der Waals surface area (Å²) in [6.45, 7) is 9.65. The Hall–Kier alpha value is -3.52. The molecule has 8 heteroatoms. The number of carbonyl (C=O) groups is 2. The van der Waals surface area contributed by atoms with Crippen molar-refractivity contribution in [3.05, 3.63) is 75.5 Å². The first kappa shape index (κ1) is 29.0. The van der Waals surface area contributed by atoms with Gasteiger partial charge in [0, 0.05) is 23.7 Å². The highest BCUT2D eigenvalue weighted by Gasteiger charge is 2.23. The van der Waals surface area contributed by atoms with Crippen LogP contribution in [-0.2, 0) is 17.8 Å². The number of hydrogen-bond donors (Lipinski definition) is 1. The molecule has 0 spiro atoms. The Morgan fingerprint density at radius 1 is 0.947 bits per heavy atom. The third kappa shape index (κ3) is 8.25. The fraction of sp³-hybridized carbons (Fsp3) is 0.400. The van der Waals surface area contributed by atoms with Crippen molar-refractivity contribution in [1.82, 2.24) is 9.80 Å². The first-order valence-electron chi connectivity index (χ1n) is 12.8. The zero-order valence-corrected chi connectivity index (χ0v) is 24.1. The van der Waals surface area contributed by atoms with Crippen LogP contribution in [0.15, 0.2) is 53.9 Å². The Bertz CT molecular complexity index is 1210. The summed E-state index contributed by atoms with van der Waals surface area (Å²) in [5.41, 5.74) is 4.03. The number of nitrogens with one attached hydrogen (secondary N) is 1. The van der Waals surface area contributed by atoms with E-state index in [9.17, 15) is 9.59 Å². The zero-order chi connectivity index (χ0) is 27.7. The van der Waals surface area contributed by atoms with E-state index in [1.165, 1.54) is 0 Å². The zero-order valence-electron chi connectivity index (χ0n) is 23.2. The predicted molar refractivity (Wildman–Crippen MR) is 154 cm³/mol. The molecule has 3 rings (SSSR count). The Balaban J connectivity index is 1.77. The molecule has 2 aromatic carbocycles. The molecule has 3 amide bonds. The van der Waals surface area contributed by atoms with Gasteiger partial charge in [0.15, 0.2) is 11.5 Å². The summed E-state index contributed by atoms with van der Waals surface area (Å²) >= 11 is 1.64. The highest BCUT2D eigenvalue weighted by atomic mass is 32.1. The predicted octanol–water partition coefficient (Wildman–Crippen LogP) is 6.14. The van der Waals surface area contributed by atoms with Crippen LogP contribution in [0.4, 0.5) is 10.5 Å². The van der Waals surface area contributed by atoms with Crippen molar-refractivity contribution in [3.8, 4) is 11.5 Å². The van der Waals surface area contributed by atoms with Crippen LogP contribution in [0.3, 0.4) is 0 Å². The van der Waals surface area contributed by atoms with Crippen LogP contribution >= 0.6 is 11.3 Å². The van der Waals surface area contributed by atoms with Crippen LogP contribution in [0.5, 0.6) is 11.5 Å². The number of methoxy groups -OCH3 is 2. The van der Waals surface area contributed by atoms with Crippen LogP contribution in [0.1, 0.15) is 35.4 Å². The van der Waals surface area contributed by atoms with Gasteiger partial charge in [-0.05, 0) is 73.0 Å². The third-order valence-electron chi connectivity index (χ3n) is 6.28.